The molecule has 0 fully saturated rings. The second kappa shape index (κ2) is 8.04. The fraction of sp³-hybridized carbons (Fsp3) is 1.00. The van der Waals surface area contributed by atoms with E-state index in [1.165, 1.54) is 0 Å². The first kappa shape index (κ1) is 15.9. The molecule has 98 valence electrons. The average molecular weight is 231 g/mol. The van der Waals surface area contributed by atoms with Gasteiger partial charge in [-0.15, -0.1) is 0 Å². The summed E-state index contributed by atoms with van der Waals surface area (Å²) in [6.45, 7) is 13.7. The third kappa shape index (κ3) is 4.04. The van der Waals surface area contributed by atoms with E-state index in [1.807, 2.05) is 0 Å². The van der Waals surface area contributed by atoms with Gasteiger partial charge in [0.05, 0.1) is 12.7 Å². The van der Waals surface area contributed by atoms with E-state index in [1.54, 1.807) is 0 Å². The number of nitrogens with zero attached hydrogens (tertiary/aromatic N) is 1. The van der Waals surface area contributed by atoms with Crippen molar-refractivity contribution in [1.29, 1.82) is 0 Å². The van der Waals surface area contributed by atoms with Crippen LogP contribution in [-0.4, -0.2) is 48.0 Å². The van der Waals surface area contributed by atoms with Crippen LogP contribution in [0.25, 0.3) is 0 Å². The van der Waals surface area contributed by atoms with Crippen LogP contribution < -0.4 is 0 Å². The van der Waals surface area contributed by atoms with Crippen molar-refractivity contribution >= 4 is 0 Å². The Bertz CT molecular complexity index is 171. The van der Waals surface area contributed by atoms with Crippen molar-refractivity contribution in [3.05, 3.63) is 0 Å². The Morgan fingerprint density at radius 2 is 1.75 bits per heavy atom. The highest BCUT2D eigenvalue weighted by atomic mass is 16.5. The Morgan fingerprint density at radius 3 is 2.12 bits per heavy atom. The average Bonchev–Trinajstić information content (AvgIpc) is 2.30. The topological polar surface area (TPSA) is 32.7 Å². The second-order valence-electron chi connectivity index (χ2n) is 4.47. The molecule has 16 heavy (non-hydrogen) atoms. The molecule has 0 saturated heterocycles. The minimum Gasteiger partial charge on any atom is -0.389 e. The Hall–Kier alpha value is -0.120. The van der Waals surface area contributed by atoms with E-state index in [0.717, 1.165) is 32.5 Å². The van der Waals surface area contributed by atoms with Gasteiger partial charge in [-0.25, -0.2) is 0 Å². The van der Waals surface area contributed by atoms with Crippen molar-refractivity contribution in [2.24, 2.45) is 0 Å². The first-order chi connectivity index (χ1) is 7.56. The van der Waals surface area contributed by atoms with Gasteiger partial charge in [-0.2, -0.15) is 0 Å². The molecule has 0 aliphatic carbocycles. The lowest BCUT2D eigenvalue weighted by atomic mass is 9.89. The fourth-order valence-electron chi connectivity index (χ4n) is 2.13. The van der Waals surface area contributed by atoms with Crippen molar-refractivity contribution in [2.75, 3.05) is 26.3 Å². The lowest BCUT2D eigenvalue weighted by Crippen LogP contribution is -2.55. The van der Waals surface area contributed by atoms with Gasteiger partial charge in [0, 0.05) is 12.1 Å². The highest BCUT2D eigenvalue weighted by molar-refractivity contribution is 4.91. The smallest absolute Gasteiger partial charge is 0.0953 e. The quantitative estimate of drug-likeness (QED) is 0.618. The molecule has 0 aliphatic rings. The van der Waals surface area contributed by atoms with Crippen LogP contribution in [0.4, 0.5) is 0 Å². The number of hydrogen-bond acceptors (Lipinski definition) is 3. The molecule has 0 spiro atoms. The van der Waals surface area contributed by atoms with E-state index in [-0.39, 0.29) is 5.54 Å². The zero-order valence-electron chi connectivity index (χ0n) is 11.6. The summed E-state index contributed by atoms with van der Waals surface area (Å²) in [4.78, 5) is 2.31. The highest BCUT2D eigenvalue weighted by Gasteiger charge is 2.35. The number of ether oxygens (including phenoxy) is 1. The van der Waals surface area contributed by atoms with Crippen LogP contribution >= 0.6 is 0 Å². The third-order valence-electron chi connectivity index (χ3n) is 3.54. The summed E-state index contributed by atoms with van der Waals surface area (Å²) >= 11 is 0. The minimum atomic E-state index is -0.413. The van der Waals surface area contributed by atoms with Gasteiger partial charge in [0.2, 0.25) is 0 Å². The number of likely N-dealkylation sites (N-methyl/N-ethyl adjacent to an activating group) is 1. The summed E-state index contributed by atoms with van der Waals surface area (Å²) in [5.41, 5.74) is -0.169. The molecule has 0 aromatic carbocycles. The van der Waals surface area contributed by atoms with Gasteiger partial charge in [0.15, 0.2) is 0 Å². The molecule has 0 aromatic rings. The molecular weight excluding hydrogens is 202 g/mol. The van der Waals surface area contributed by atoms with Crippen LogP contribution in [-0.2, 0) is 4.74 Å². The molecule has 0 aliphatic heterocycles. The molecule has 3 nitrogen and oxygen atoms in total. The zero-order valence-corrected chi connectivity index (χ0v) is 11.6. The minimum absolute atomic E-state index is 0.169. The molecule has 0 bridgehead atoms. The Labute approximate surface area is 101 Å². The first-order valence-electron chi connectivity index (χ1n) is 6.57. The lowest BCUT2D eigenvalue weighted by molar-refractivity contribution is -0.0642. The molecule has 0 heterocycles. The van der Waals surface area contributed by atoms with E-state index in [2.05, 4.69) is 39.5 Å². The van der Waals surface area contributed by atoms with Crippen LogP contribution in [0.5, 0.6) is 0 Å². The normalized spacial score (nSPS) is 17.4. The predicted octanol–water partition coefficient (Wildman–Crippen LogP) is 2.28. The van der Waals surface area contributed by atoms with Gasteiger partial charge >= 0.3 is 0 Å². The zero-order chi connectivity index (χ0) is 12.6. The van der Waals surface area contributed by atoms with Crippen LogP contribution in [0.15, 0.2) is 0 Å². The summed E-state index contributed by atoms with van der Waals surface area (Å²) in [6, 6.07) is 0. The van der Waals surface area contributed by atoms with Gasteiger partial charge in [-0.3, -0.25) is 4.90 Å². The lowest BCUT2D eigenvalue weighted by Gasteiger charge is -2.43. The first-order valence-corrected chi connectivity index (χ1v) is 6.57. The maximum atomic E-state index is 10.3. The molecule has 0 radical (unpaired) electrons. The molecule has 0 amide bonds. The van der Waals surface area contributed by atoms with Crippen molar-refractivity contribution in [3.8, 4) is 0 Å². The van der Waals surface area contributed by atoms with Gasteiger partial charge in [0.25, 0.3) is 0 Å². The third-order valence-corrected chi connectivity index (χ3v) is 3.54. The van der Waals surface area contributed by atoms with Crippen LogP contribution in [0.2, 0.25) is 0 Å². The van der Waals surface area contributed by atoms with Gasteiger partial charge < -0.3 is 9.84 Å². The highest BCUT2D eigenvalue weighted by Crippen LogP contribution is 2.23. The summed E-state index contributed by atoms with van der Waals surface area (Å²) in [5.74, 6) is 0. The molecule has 3 heteroatoms. The van der Waals surface area contributed by atoms with Crippen LogP contribution in [0.1, 0.15) is 47.5 Å². The second-order valence-corrected chi connectivity index (χ2v) is 4.47. The van der Waals surface area contributed by atoms with Crippen LogP contribution in [0, 0.1) is 0 Å². The standard InChI is InChI=1S/C13H29NO2/c1-6-10-16-11-12(15)13(5,7-2)14(8-3)9-4/h12,15H,6-11H2,1-5H3. The molecular formula is C13H29NO2. The van der Waals surface area contributed by atoms with E-state index in [9.17, 15) is 5.11 Å². The molecule has 0 rings (SSSR count). The monoisotopic (exact) mass is 231 g/mol. The van der Waals surface area contributed by atoms with Crippen molar-refractivity contribution in [2.45, 2.75) is 59.1 Å². The molecule has 0 aromatic heterocycles. The Morgan fingerprint density at radius 1 is 1.19 bits per heavy atom. The van der Waals surface area contributed by atoms with Gasteiger partial charge in [0.1, 0.15) is 0 Å². The Balaban J connectivity index is 4.41. The largest absolute Gasteiger partial charge is 0.389 e. The predicted molar refractivity (Wildman–Crippen MR) is 68.7 cm³/mol. The van der Waals surface area contributed by atoms with E-state index in [0.29, 0.717) is 6.61 Å². The Kier molecular flexibility index (Phi) is 7.98. The van der Waals surface area contributed by atoms with Gasteiger partial charge in [-0.1, -0.05) is 27.7 Å². The van der Waals surface area contributed by atoms with Gasteiger partial charge in [-0.05, 0) is 32.9 Å². The summed E-state index contributed by atoms with van der Waals surface area (Å²) in [7, 11) is 0. The van der Waals surface area contributed by atoms with Crippen molar-refractivity contribution in [1.82, 2.24) is 4.90 Å². The van der Waals surface area contributed by atoms with Crippen molar-refractivity contribution in [3.63, 3.8) is 0 Å². The number of rotatable bonds is 9. The molecule has 1 N–H and O–H groups in total. The number of aliphatic hydroxyl groups is 1. The summed E-state index contributed by atoms with van der Waals surface area (Å²) in [5, 5.41) is 10.3. The molecule has 2 unspecified atom stereocenters. The maximum absolute atomic E-state index is 10.3. The fourth-order valence-corrected chi connectivity index (χ4v) is 2.13. The SMILES string of the molecule is CCCOCC(O)C(C)(CC)N(CC)CC. The van der Waals surface area contributed by atoms with Crippen molar-refractivity contribution < 1.29 is 9.84 Å². The van der Waals surface area contributed by atoms with E-state index in [4.69, 9.17) is 4.74 Å². The summed E-state index contributed by atoms with van der Waals surface area (Å²) in [6.07, 6.45) is 1.52. The van der Waals surface area contributed by atoms with Crippen LogP contribution in [0.3, 0.4) is 0 Å². The summed E-state index contributed by atoms with van der Waals surface area (Å²) < 4.78 is 5.46. The molecule has 0 saturated carbocycles. The molecule has 2 atom stereocenters. The maximum Gasteiger partial charge on any atom is 0.0953 e. The van der Waals surface area contributed by atoms with E-state index >= 15 is 0 Å². The number of aliphatic hydroxyl groups excluding tert-OH is 1. The number of hydrogen-bond donors (Lipinski definition) is 1. The van der Waals surface area contributed by atoms with E-state index < -0.39 is 6.10 Å².